The number of sulfonamides is 1. The number of nitrogens with zero attached hydrogens (tertiary/aromatic N) is 1. The third kappa shape index (κ3) is 5.29. The number of hydrogen-bond acceptors (Lipinski definition) is 4. The SMILES string of the molecule is COc1ccc(C)cc1S(=O)(=O)N(CC(=O)Nc1ccc(C(C)C)cc1)c1ccccc1. The monoisotopic (exact) mass is 452 g/mol. The van der Waals surface area contributed by atoms with Gasteiger partial charge < -0.3 is 10.1 Å². The molecule has 6 nitrogen and oxygen atoms in total. The second-order valence-electron chi connectivity index (χ2n) is 7.83. The van der Waals surface area contributed by atoms with E-state index in [0.717, 1.165) is 15.4 Å². The van der Waals surface area contributed by atoms with Crippen LogP contribution in [0, 0.1) is 6.92 Å². The lowest BCUT2D eigenvalue weighted by Crippen LogP contribution is -2.38. The molecule has 0 heterocycles. The number of ether oxygens (including phenoxy) is 1. The molecule has 1 amide bonds. The maximum atomic E-state index is 13.6. The van der Waals surface area contributed by atoms with Crippen LogP contribution in [0.4, 0.5) is 11.4 Å². The summed E-state index contributed by atoms with van der Waals surface area (Å²) in [5.41, 5.74) is 2.93. The number of benzene rings is 3. The lowest BCUT2D eigenvalue weighted by molar-refractivity contribution is -0.114. The molecule has 0 fully saturated rings. The number of carbonyl (C=O) groups is 1. The van der Waals surface area contributed by atoms with Crippen molar-refractivity contribution in [3.8, 4) is 5.75 Å². The third-order valence-corrected chi connectivity index (χ3v) is 6.87. The molecule has 1 N–H and O–H groups in total. The third-order valence-electron chi connectivity index (χ3n) is 5.08. The zero-order valence-corrected chi connectivity index (χ0v) is 19.5. The van der Waals surface area contributed by atoms with Gasteiger partial charge in [-0.05, 0) is 60.4 Å². The average Bonchev–Trinajstić information content (AvgIpc) is 2.78. The van der Waals surface area contributed by atoms with Crippen molar-refractivity contribution in [1.29, 1.82) is 0 Å². The highest BCUT2D eigenvalue weighted by Crippen LogP contribution is 2.31. The first kappa shape index (κ1) is 23.3. The average molecular weight is 453 g/mol. The Morgan fingerprint density at radius 1 is 1.00 bits per heavy atom. The predicted molar refractivity (Wildman–Crippen MR) is 128 cm³/mol. The van der Waals surface area contributed by atoms with Crippen molar-refractivity contribution >= 4 is 27.3 Å². The quantitative estimate of drug-likeness (QED) is 0.524. The Balaban J connectivity index is 1.93. The minimum atomic E-state index is -4.08. The highest BCUT2D eigenvalue weighted by Gasteiger charge is 2.30. The predicted octanol–water partition coefficient (Wildman–Crippen LogP) is 4.96. The number of para-hydroxylation sites is 1. The summed E-state index contributed by atoms with van der Waals surface area (Å²) < 4.78 is 33.7. The summed E-state index contributed by atoms with van der Waals surface area (Å²) >= 11 is 0. The van der Waals surface area contributed by atoms with Gasteiger partial charge >= 0.3 is 0 Å². The molecule has 3 aromatic carbocycles. The van der Waals surface area contributed by atoms with Crippen molar-refractivity contribution in [3.63, 3.8) is 0 Å². The first-order chi connectivity index (χ1) is 15.2. The fourth-order valence-electron chi connectivity index (χ4n) is 3.30. The smallest absolute Gasteiger partial charge is 0.268 e. The standard InChI is InChI=1S/C25H28N2O4S/c1-18(2)20-11-13-21(14-12-20)26-25(28)17-27(22-8-6-5-7-9-22)32(29,30)24-16-19(3)10-15-23(24)31-4/h5-16,18H,17H2,1-4H3,(H,26,28). The zero-order chi connectivity index (χ0) is 23.3. The Kier molecular flexibility index (Phi) is 7.20. The van der Waals surface area contributed by atoms with Crippen LogP contribution in [0.5, 0.6) is 5.75 Å². The largest absolute Gasteiger partial charge is 0.495 e. The summed E-state index contributed by atoms with van der Waals surface area (Å²) in [6, 6.07) is 21.0. The summed E-state index contributed by atoms with van der Waals surface area (Å²) in [6.45, 7) is 5.61. The molecule has 7 heteroatoms. The van der Waals surface area contributed by atoms with Crippen molar-refractivity contribution < 1.29 is 17.9 Å². The molecule has 3 aromatic rings. The molecule has 0 unspecified atom stereocenters. The van der Waals surface area contributed by atoms with Gasteiger partial charge in [0, 0.05) is 5.69 Å². The van der Waals surface area contributed by atoms with E-state index in [-0.39, 0.29) is 17.2 Å². The number of aryl methyl sites for hydroxylation is 1. The molecule has 32 heavy (non-hydrogen) atoms. The molecule has 0 spiro atoms. The molecule has 3 rings (SSSR count). The fourth-order valence-corrected chi connectivity index (χ4v) is 4.96. The molecule has 0 saturated heterocycles. The molecule has 0 bridgehead atoms. The molecule has 168 valence electrons. The maximum absolute atomic E-state index is 13.6. The van der Waals surface area contributed by atoms with E-state index < -0.39 is 15.9 Å². The highest BCUT2D eigenvalue weighted by atomic mass is 32.2. The van der Waals surface area contributed by atoms with E-state index in [0.29, 0.717) is 17.3 Å². The summed E-state index contributed by atoms with van der Waals surface area (Å²) in [6.07, 6.45) is 0. The van der Waals surface area contributed by atoms with E-state index in [9.17, 15) is 13.2 Å². The van der Waals surface area contributed by atoms with E-state index in [1.54, 1.807) is 55.5 Å². The Hall–Kier alpha value is -3.32. The Morgan fingerprint density at radius 2 is 1.66 bits per heavy atom. The molecule has 0 atom stereocenters. The molecule has 0 aliphatic carbocycles. The second-order valence-corrected chi connectivity index (χ2v) is 9.66. The summed E-state index contributed by atoms with van der Waals surface area (Å²) in [5, 5.41) is 2.80. The van der Waals surface area contributed by atoms with Gasteiger partial charge in [-0.2, -0.15) is 0 Å². The van der Waals surface area contributed by atoms with E-state index in [1.165, 1.54) is 7.11 Å². The molecular weight excluding hydrogens is 424 g/mol. The fraction of sp³-hybridized carbons (Fsp3) is 0.240. The summed E-state index contributed by atoms with van der Waals surface area (Å²) in [7, 11) is -2.66. The van der Waals surface area contributed by atoms with E-state index >= 15 is 0 Å². The Labute approximate surface area is 189 Å². The lowest BCUT2D eigenvalue weighted by atomic mass is 10.0. The molecule has 0 radical (unpaired) electrons. The Morgan fingerprint density at radius 3 is 2.25 bits per heavy atom. The van der Waals surface area contributed by atoms with Crippen LogP contribution in [0.3, 0.4) is 0 Å². The zero-order valence-electron chi connectivity index (χ0n) is 18.7. The van der Waals surface area contributed by atoms with Crippen molar-refractivity contribution in [1.82, 2.24) is 0 Å². The second kappa shape index (κ2) is 9.87. The molecule has 0 saturated carbocycles. The van der Waals surface area contributed by atoms with E-state index in [4.69, 9.17) is 4.74 Å². The lowest BCUT2D eigenvalue weighted by Gasteiger charge is -2.25. The number of carbonyl (C=O) groups excluding carboxylic acids is 1. The highest BCUT2D eigenvalue weighted by molar-refractivity contribution is 7.93. The topological polar surface area (TPSA) is 75.7 Å². The number of anilines is 2. The van der Waals surface area contributed by atoms with Crippen LogP contribution in [0.15, 0.2) is 77.7 Å². The van der Waals surface area contributed by atoms with Crippen LogP contribution in [0.2, 0.25) is 0 Å². The number of hydrogen-bond donors (Lipinski definition) is 1. The van der Waals surface area contributed by atoms with E-state index in [2.05, 4.69) is 19.2 Å². The first-order valence-electron chi connectivity index (χ1n) is 10.3. The van der Waals surface area contributed by atoms with Crippen molar-refractivity contribution in [2.75, 3.05) is 23.3 Å². The van der Waals surface area contributed by atoms with Crippen LogP contribution in [0.1, 0.15) is 30.9 Å². The van der Waals surface area contributed by atoms with Gasteiger partial charge in [0.25, 0.3) is 10.0 Å². The van der Waals surface area contributed by atoms with Crippen molar-refractivity contribution in [2.24, 2.45) is 0 Å². The molecule has 0 aliphatic rings. The Bertz CT molecular complexity index is 1170. The number of methoxy groups -OCH3 is 1. The van der Waals surface area contributed by atoms with Gasteiger partial charge in [-0.15, -0.1) is 0 Å². The normalized spacial score (nSPS) is 11.3. The van der Waals surface area contributed by atoms with E-state index in [1.807, 2.05) is 24.3 Å². The van der Waals surface area contributed by atoms with Gasteiger partial charge in [0.15, 0.2) is 0 Å². The van der Waals surface area contributed by atoms with Crippen LogP contribution in [-0.4, -0.2) is 28.0 Å². The molecule has 0 aromatic heterocycles. The van der Waals surface area contributed by atoms with Gasteiger partial charge in [-0.1, -0.05) is 50.2 Å². The van der Waals surface area contributed by atoms with Crippen molar-refractivity contribution in [3.05, 3.63) is 83.9 Å². The molecule has 0 aliphatic heterocycles. The van der Waals surface area contributed by atoms with Gasteiger partial charge in [0.2, 0.25) is 5.91 Å². The van der Waals surface area contributed by atoms with Crippen LogP contribution in [-0.2, 0) is 14.8 Å². The first-order valence-corrected chi connectivity index (χ1v) is 11.8. The summed E-state index contributed by atoms with van der Waals surface area (Å²) in [4.78, 5) is 12.9. The van der Waals surface area contributed by atoms with Crippen LogP contribution in [0.25, 0.3) is 0 Å². The van der Waals surface area contributed by atoms with Gasteiger partial charge in [-0.3, -0.25) is 9.10 Å². The van der Waals surface area contributed by atoms with Crippen LogP contribution >= 0.6 is 0 Å². The van der Waals surface area contributed by atoms with Crippen LogP contribution < -0.4 is 14.4 Å². The minimum Gasteiger partial charge on any atom is -0.495 e. The number of amides is 1. The molecular formula is C25H28N2O4S. The summed E-state index contributed by atoms with van der Waals surface area (Å²) in [5.74, 6) is 0.158. The van der Waals surface area contributed by atoms with Gasteiger partial charge in [0.1, 0.15) is 17.2 Å². The number of nitrogens with one attached hydrogen (secondary N) is 1. The van der Waals surface area contributed by atoms with Crippen molar-refractivity contribution in [2.45, 2.75) is 31.6 Å². The maximum Gasteiger partial charge on any atom is 0.268 e. The number of rotatable bonds is 8. The minimum absolute atomic E-state index is 0.0120. The van der Waals surface area contributed by atoms with Gasteiger partial charge in [-0.25, -0.2) is 8.42 Å². The van der Waals surface area contributed by atoms with Gasteiger partial charge in [0.05, 0.1) is 12.8 Å².